The lowest BCUT2D eigenvalue weighted by Gasteiger charge is -2.12. The first kappa shape index (κ1) is 13.6. The highest BCUT2D eigenvalue weighted by Gasteiger charge is 2.05. The molecule has 2 rings (SSSR count). The van der Waals surface area contributed by atoms with Crippen molar-refractivity contribution < 1.29 is 5.11 Å². The van der Waals surface area contributed by atoms with E-state index in [0.29, 0.717) is 6.54 Å². The second kappa shape index (κ2) is 6.94. The molecule has 2 aromatic carbocycles. The van der Waals surface area contributed by atoms with E-state index in [-0.39, 0.29) is 12.4 Å². The van der Waals surface area contributed by atoms with Crippen molar-refractivity contribution in [3.8, 4) is 0 Å². The Balaban J connectivity index is 0.00000144. The molecule has 17 heavy (non-hydrogen) atoms. The van der Waals surface area contributed by atoms with Crippen molar-refractivity contribution in [2.45, 2.75) is 6.10 Å². The summed E-state index contributed by atoms with van der Waals surface area (Å²) in [5.41, 5.74) is 1.96. The number of para-hydroxylation sites is 1. The standard InChI is InChI=1S/C14H15NO.ClH/c16-14(12-7-3-1-4-8-12)11-15-13-9-5-2-6-10-13;/h1-10,14-16H,11H2;1H. The van der Waals surface area contributed by atoms with Gasteiger partial charge in [0.05, 0.1) is 6.10 Å². The Morgan fingerprint density at radius 3 is 2.00 bits per heavy atom. The zero-order valence-corrected chi connectivity index (χ0v) is 10.2. The summed E-state index contributed by atoms with van der Waals surface area (Å²) in [4.78, 5) is 0. The SMILES string of the molecule is Cl.OC(CNc1ccccc1)c1ccccc1. The van der Waals surface area contributed by atoms with Crippen molar-refractivity contribution in [2.75, 3.05) is 11.9 Å². The first-order valence-electron chi connectivity index (χ1n) is 5.38. The molecule has 0 fully saturated rings. The Bertz CT molecular complexity index is 419. The molecule has 0 heterocycles. The highest BCUT2D eigenvalue weighted by atomic mass is 35.5. The molecule has 1 unspecified atom stereocenters. The van der Waals surface area contributed by atoms with Gasteiger partial charge in [-0.15, -0.1) is 12.4 Å². The summed E-state index contributed by atoms with van der Waals surface area (Å²) >= 11 is 0. The largest absolute Gasteiger partial charge is 0.387 e. The lowest BCUT2D eigenvalue weighted by atomic mass is 10.1. The number of hydrogen-bond donors (Lipinski definition) is 2. The van der Waals surface area contributed by atoms with Crippen LogP contribution in [-0.2, 0) is 0 Å². The number of aliphatic hydroxyl groups excluding tert-OH is 1. The van der Waals surface area contributed by atoms with Crippen molar-refractivity contribution in [3.63, 3.8) is 0 Å². The predicted octanol–water partition coefficient (Wildman–Crippen LogP) is 3.25. The van der Waals surface area contributed by atoms with E-state index >= 15 is 0 Å². The normalized spacial score (nSPS) is 11.4. The highest BCUT2D eigenvalue weighted by molar-refractivity contribution is 5.85. The summed E-state index contributed by atoms with van der Waals surface area (Å²) in [7, 11) is 0. The van der Waals surface area contributed by atoms with Crippen molar-refractivity contribution in [1.82, 2.24) is 0 Å². The second-order valence-corrected chi connectivity index (χ2v) is 3.67. The van der Waals surface area contributed by atoms with Crippen LogP contribution in [0.15, 0.2) is 60.7 Å². The molecule has 1 atom stereocenters. The van der Waals surface area contributed by atoms with Gasteiger partial charge in [0.2, 0.25) is 0 Å². The van der Waals surface area contributed by atoms with Crippen molar-refractivity contribution in [2.24, 2.45) is 0 Å². The Kier molecular flexibility index (Phi) is 5.53. The van der Waals surface area contributed by atoms with Gasteiger partial charge in [-0.25, -0.2) is 0 Å². The maximum atomic E-state index is 9.92. The molecule has 0 aliphatic carbocycles. The first-order valence-corrected chi connectivity index (χ1v) is 5.38. The fraction of sp³-hybridized carbons (Fsp3) is 0.143. The van der Waals surface area contributed by atoms with Gasteiger partial charge in [-0.3, -0.25) is 0 Å². The van der Waals surface area contributed by atoms with E-state index in [1.807, 2.05) is 60.7 Å². The summed E-state index contributed by atoms with van der Waals surface area (Å²) in [5, 5.41) is 13.1. The number of hydrogen-bond acceptors (Lipinski definition) is 2. The third-order valence-electron chi connectivity index (χ3n) is 2.46. The predicted molar refractivity (Wildman–Crippen MR) is 73.6 cm³/mol. The molecule has 90 valence electrons. The third-order valence-corrected chi connectivity index (χ3v) is 2.46. The fourth-order valence-corrected chi connectivity index (χ4v) is 1.56. The Hall–Kier alpha value is -1.51. The zero-order chi connectivity index (χ0) is 11.2. The van der Waals surface area contributed by atoms with Gasteiger partial charge in [0.15, 0.2) is 0 Å². The van der Waals surface area contributed by atoms with E-state index in [9.17, 15) is 5.11 Å². The number of halogens is 1. The van der Waals surface area contributed by atoms with Crippen LogP contribution in [-0.4, -0.2) is 11.7 Å². The minimum Gasteiger partial charge on any atom is -0.387 e. The number of aliphatic hydroxyl groups is 1. The van der Waals surface area contributed by atoms with Gasteiger partial charge in [0.25, 0.3) is 0 Å². The maximum absolute atomic E-state index is 9.92. The molecule has 0 radical (unpaired) electrons. The van der Waals surface area contributed by atoms with Crippen LogP contribution in [0.1, 0.15) is 11.7 Å². The number of nitrogens with one attached hydrogen (secondary N) is 1. The van der Waals surface area contributed by atoms with Crippen LogP contribution in [0.5, 0.6) is 0 Å². The van der Waals surface area contributed by atoms with Gasteiger partial charge < -0.3 is 10.4 Å². The van der Waals surface area contributed by atoms with Gasteiger partial charge in [0, 0.05) is 12.2 Å². The number of benzene rings is 2. The quantitative estimate of drug-likeness (QED) is 0.872. The first-order chi connectivity index (χ1) is 7.86. The minimum atomic E-state index is -0.471. The Labute approximate surface area is 108 Å². The van der Waals surface area contributed by atoms with E-state index in [2.05, 4.69) is 5.32 Å². The van der Waals surface area contributed by atoms with Crippen LogP contribution >= 0.6 is 12.4 Å². The van der Waals surface area contributed by atoms with Gasteiger partial charge in [-0.05, 0) is 17.7 Å². The second-order valence-electron chi connectivity index (χ2n) is 3.67. The van der Waals surface area contributed by atoms with Crippen LogP contribution < -0.4 is 5.32 Å². The van der Waals surface area contributed by atoms with E-state index in [0.717, 1.165) is 11.3 Å². The van der Waals surface area contributed by atoms with E-state index in [4.69, 9.17) is 0 Å². The monoisotopic (exact) mass is 249 g/mol. The minimum absolute atomic E-state index is 0. The number of rotatable bonds is 4. The molecule has 0 spiro atoms. The third kappa shape index (κ3) is 4.10. The summed E-state index contributed by atoms with van der Waals surface area (Å²) in [6, 6.07) is 19.5. The van der Waals surface area contributed by atoms with Gasteiger partial charge in [-0.1, -0.05) is 48.5 Å². The smallest absolute Gasteiger partial charge is 0.0962 e. The van der Waals surface area contributed by atoms with Crippen LogP contribution in [0.2, 0.25) is 0 Å². The topological polar surface area (TPSA) is 32.3 Å². The molecule has 0 amide bonds. The summed E-state index contributed by atoms with van der Waals surface area (Å²) in [5.74, 6) is 0. The van der Waals surface area contributed by atoms with Gasteiger partial charge in [-0.2, -0.15) is 0 Å². The lowest BCUT2D eigenvalue weighted by molar-refractivity contribution is 0.191. The molecule has 0 saturated heterocycles. The molecule has 2 aromatic rings. The highest BCUT2D eigenvalue weighted by Crippen LogP contribution is 2.13. The average molecular weight is 250 g/mol. The molecule has 0 saturated carbocycles. The summed E-state index contributed by atoms with van der Waals surface area (Å²) < 4.78 is 0. The molecule has 2 nitrogen and oxygen atoms in total. The van der Waals surface area contributed by atoms with Crippen LogP contribution in [0, 0.1) is 0 Å². The summed E-state index contributed by atoms with van der Waals surface area (Å²) in [6.45, 7) is 0.522. The molecule has 0 aliphatic heterocycles. The molecule has 3 heteroatoms. The molecular formula is C14H16ClNO. The van der Waals surface area contributed by atoms with Crippen LogP contribution in [0.3, 0.4) is 0 Å². The van der Waals surface area contributed by atoms with E-state index in [1.54, 1.807) is 0 Å². The maximum Gasteiger partial charge on any atom is 0.0962 e. The molecule has 0 aromatic heterocycles. The fourth-order valence-electron chi connectivity index (χ4n) is 1.56. The Morgan fingerprint density at radius 1 is 0.882 bits per heavy atom. The molecular weight excluding hydrogens is 234 g/mol. The van der Waals surface area contributed by atoms with Crippen molar-refractivity contribution in [1.29, 1.82) is 0 Å². The average Bonchev–Trinajstić information content (AvgIpc) is 2.38. The van der Waals surface area contributed by atoms with Crippen LogP contribution in [0.4, 0.5) is 5.69 Å². The van der Waals surface area contributed by atoms with Gasteiger partial charge in [0.1, 0.15) is 0 Å². The summed E-state index contributed by atoms with van der Waals surface area (Å²) in [6.07, 6.45) is -0.471. The molecule has 0 aliphatic rings. The van der Waals surface area contributed by atoms with Crippen molar-refractivity contribution in [3.05, 3.63) is 66.2 Å². The molecule has 2 N–H and O–H groups in total. The van der Waals surface area contributed by atoms with Crippen molar-refractivity contribution >= 4 is 18.1 Å². The zero-order valence-electron chi connectivity index (χ0n) is 9.41. The van der Waals surface area contributed by atoms with E-state index in [1.165, 1.54) is 0 Å². The lowest BCUT2D eigenvalue weighted by Crippen LogP contribution is -2.11. The van der Waals surface area contributed by atoms with Gasteiger partial charge >= 0.3 is 0 Å². The van der Waals surface area contributed by atoms with Crippen LogP contribution in [0.25, 0.3) is 0 Å². The molecule has 0 bridgehead atoms. The Morgan fingerprint density at radius 2 is 1.41 bits per heavy atom. The van der Waals surface area contributed by atoms with E-state index < -0.39 is 6.10 Å². The number of anilines is 1.